The Morgan fingerprint density at radius 1 is 1.40 bits per heavy atom. The van der Waals surface area contributed by atoms with Gasteiger partial charge in [-0.15, -0.1) is 10.2 Å². The summed E-state index contributed by atoms with van der Waals surface area (Å²) in [5.74, 6) is -1.96. The molecule has 0 saturated carbocycles. The van der Waals surface area contributed by atoms with Crippen LogP contribution >= 0.6 is 0 Å². The third-order valence-electron chi connectivity index (χ3n) is 2.46. The van der Waals surface area contributed by atoms with Gasteiger partial charge in [-0.3, -0.25) is 4.79 Å². The number of carbonyl (C=O) groups excluding carboxylic acids is 2. The predicted molar refractivity (Wildman–Crippen MR) is 66.3 cm³/mol. The van der Waals surface area contributed by atoms with Gasteiger partial charge in [0.25, 0.3) is 11.7 Å². The molecule has 9 heteroatoms. The molecular weight excluding hydrogens is 266 g/mol. The van der Waals surface area contributed by atoms with E-state index in [1.807, 2.05) is 0 Å². The fourth-order valence-electron chi connectivity index (χ4n) is 1.58. The van der Waals surface area contributed by atoms with Crippen molar-refractivity contribution >= 4 is 17.6 Å². The molecule has 1 aromatic heterocycles. The van der Waals surface area contributed by atoms with Gasteiger partial charge in [0.15, 0.2) is 5.75 Å². The Bertz CT molecular complexity index is 653. The SMILES string of the molecule is COC(=O)c1cc(C)cc(NC(=O)c2nn[nH]n2)c1O. The van der Waals surface area contributed by atoms with E-state index in [1.165, 1.54) is 19.2 Å². The summed E-state index contributed by atoms with van der Waals surface area (Å²) in [5, 5.41) is 24.8. The number of phenols is 1. The highest BCUT2D eigenvalue weighted by atomic mass is 16.5. The Balaban J connectivity index is 2.35. The maximum absolute atomic E-state index is 11.8. The molecule has 3 N–H and O–H groups in total. The minimum Gasteiger partial charge on any atom is -0.505 e. The molecule has 0 spiro atoms. The predicted octanol–water partition coefficient (Wildman–Crippen LogP) is 0.253. The number of phenolic OH excluding ortho intramolecular Hbond substituents is 1. The smallest absolute Gasteiger partial charge is 0.341 e. The molecule has 104 valence electrons. The number of esters is 1. The van der Waals surface area contributed by atoms with Crippen LogP contribution in [0.3, 0.4) is 0 Å². The molecule has 0 unspecified atom stereocenters. The number of rotatable bonds is 3. The van der Waals surface area contributed by atoms with Gasteiger partial charge in [-0.05, 0) is 29.8 Å². The summed E-state index contributed by atoms with van der Waals surface area (Å²) in [6.45, 7) is 1.70. The van der Waals surface area contributed by atoms with Crippen LogP contribution in [0.15, 0.2) is 12.1 Å². The lowest BCUT2D eigenvalue weighted by Gasteiger charge is -2.10. The number of methoxy groups -OCH3 is 1. The number of amides is 1. The Morgan fingerprint density at radius 3 is 2.75 bits per heavy atom. The standard InChI is InChI=1S/C11H11N5O4/c1-5-3-6(11(19)20-2)8(17)7(4-5)12-10(18)9-13-15-16-14-9/h3-4,17H,1-2H3,(H,12,18)(H,13,14,15,16). The summed E-state index contributed by atoms with van der Waals surface area (Å²) in [7, 11) is 1.20. The lowest BCUT2D eigenvalue weighted by molar-refractivity contribution is 0.0597. The number of H-pyrrole nitrogens is 1. The van der Waals surface area contributed by atoms with Crippen molar-refractivity contribution in [1.29, 1.82) is 0 Å². The Hall–Kier alpha value is -2.97. The van der Waals surface area contributed by atoms with Crippen LogP contribution < -0.4 is 5.32 Å². The van der Waals surface area contributed by atoms with Gasteiger partial charge in [-0.25, -0.2) is 4.79 Å². The number of benzene rings is 1. The van der Waals surface area contributed by atoms with E-state index in [4.69, 9.17) is 0 Å². The maximum Gasteiger partial charge on any atom is 0.341 e. The number of hydrogen-bond donors (Lipinski definition) is 3. The van der Waals surface area contributed by atoms with Crippen LogP contribution in [-0.2, 0) is 4.74 Å². The van der Waals surface area contributed by atoms with E-state index in [2.05, 4.69) is 30.7 Å². The minimum atomic E-state index is -0.707. The molecule has 0 aliphatic rings. The Labute approximate surface area is 113 Å². The summed E-state index contributed by atoms with van der Waals surface area (Å²) < 4.78 is 4.55. The van der Waals surface area contributed by atoms with Crippen molar-refractivity contribution in [2.75, 3.05) is 12.4 Å². The second-order valence-electron chi connectivity index (χ2n) is 3.89. The first-order chi connectivity index (χ1) is 9.52. The molecule has 20 heavy (non-hydrogen) atoms. The van der Waals surface area contributed by atoms with Gasteiger partial charge >= 0.3 is 5.97 Å². The average molecular weight is 277 g/mol. The molecule has 0 aliphatic carbocycles. The summed E-state index contributed by atoms with van der Waals surface area (Å²) in [6, 6.07) is 2.95. The van der Waals surface area contributed by atoms with Crippen LogP contribution in [0.4, 0.5) is 5.69 Å². The number of carbonyl (C=O) groups is 2. The molecule has 0 atom stereocenters. The molecular formula is C11H11N5O4. The van der Waals surface area contributed by atoms with E-state index in [9.17, 15) is 14.7 Å². The zero-order valence-electron chi connectivity index (χ0n) is 10.7. The summed E-state index contributed by atoms with van der Waals surface area (Å²) in [4.78, 5) is 23.3. The zero-order valence-corrected chi connectivity index (χ0v) is 10.7. The molecule has 0 saturated heterocycles. The third kappa shape index (κ3) is 2.55. The van der Waals surface area contributed by atoms with Crippen molar-refractivity contribution in [2.24, 2.45) is 0 Å². The molecule has 2 rings (SSSR count). The lowest BCUT2D eigenvalue weighted by Crippen LogP contribution is -2.15. The van der Waals surface area contributed by atoms with Gasteiger partial charge < -0.3 is 15.2 Å². The topological polar surface area (TPSA) is 130 Å². The van der Waals surface area contributed by atoms with E-state index >= 15 is 0 Å². The quantitative estimate of drug-likeness (QED) is 0.541. The normalized spacial score (nSPS) is 10.1. The maximum atomic E-state index is 11.8. The van der Waals surface area contributed by atoms with E-state index in [0.29, 0.717) is 5.56 Å². The van der Waals surface area contributed by atoms with Gasteiger partial charge in [0.2, 0.25) is 0 Å². The van der Waals surface area contributed by atoms with Crippen molar-refractivity contribution in [3.05, 3.63) is 29.1 Å². The van der Waals surface area contributed by atoms with Crippen molar-refractivity contribution in [1.82, 2.24) is 20.6 Å². The average Bonchev–Trinajstić information content (AvgIpc) is 2.95. The third-order valence-corrected chi connectivity index (χ3v) is 2.46. The van der Waals surface area contributed by atoms with Crippen molar-refractivity contribution in [3.63, 3.8) is 0 Å². The summed E-state index contributed by atoms with van der Waals surface area (Å²) in [5.41, 5.74) is 0.669. The monoisotopic (exact) mass is 277 g/mol. The largest absolute Gasteiger partial charge is 0.505 e. The number of ether oxygens (including phenoxy) is 1. The highest BCUT2D eigenvalue weighted by Gasteiger charge is 2.19. The Kier molecular flexibility index (Phi) is 3.60. The molecule has 0 radical (unpaired) electrons. The van der Waals surface area contributed by atoms with E-state index in [-0.39, 0.29) is 22.8 Å². The van der Waals surface area contributed by atoms with E-state index in [0.717, 1.165) is 0 Å². The first-order valence-corrected chi connectivity index (χ1v) is 5.49. The van der Waals surface area contributed by atoms with Crippen molar-refractivity contribution in [3.8, 4) is 5.75 Å². The number of aromatic hydroxyl groups is 1. The molecule has 1 amide bonds. The second-order valence-corrected chi connectivity index (χ2v) is 3.89. The summed E-state index contributed by atoms with van der Waals surface area (Å²) in [6.07, 6.45) is 0. The number of aromatic amines is 1. The van der Waals surface area contributed by atoms with E-state index in [1.54, 1.807) is 6.92 Å². The van der Waals surface area contributed by atoms with Crippen LogP contribution in [0.1, 0.15) is 26.5 Å². The number of aromatic nitrogens is 4. The van der Waals surface area contributed by atoms with Crippen LogP contribution in [0, 0.1) is 6.92 Å². The zero-order chi connectivity index (χ0) is 14.7. The molecule has 0 fully saturated rings. The molecule has 9 nitrogen and oxygen atoms in total. The molecule has 2 aromatic rings. The molecule has 1 heterocycles. The molecule has 1 aromatic carbocycles. The van der Waals surface area contributed by atoms with Gasteiger partial charge in [0.05, 0.1) is 12.8 Å². The number of anilines is 1. The number of hydrogen-bond acceptors (Lipinski definition) is 7. The minimum absolute atomic E-state index is 0.0455. The van der Waals surface area contributed by atoms with Crippen LogP contribution in [0.5, 0.6) is 5.75 Å². The van der Waals surface area contributed by atoms with Crippen molar-refractivity contribution < 1.29 is 19.4 Å². The number of nitrogens with one attached hydrogen (secondary N) is 2. The highest BCUT2D eigenvalue weighted by molar-refractivity contribution is 6.04. The summed E-state index contributed by atoms with van der Waals surface area (Å²) >= 11 is 0. The van der Waals surface area contributed by atoms with Crippen molar-refractivity contribution in [2.45, 2.75) is 6.92 Å². The van der Waals surface area contributed by atoms with Crippen LogP contribution in [-0.4, -0.2) is 44.7 Å². The van der Waals surface area contributed by atoms with E-state index < -0.39 is 11.9 Å². The first kappa shape index (κ1) is 13.5. The number of nitrogens with zero attached hydrogens (tertiary/aromatic N) is 3. The van der Waals surface area contributed by atoms with Gasteiger partial charge in [0, 0.05) is 0 Å². The van der Waals surface area contributed by atoms with Gasteiger partial charge in [0.1, 0.15) is 5.56 Å². The number of aryl methyl sites for hydroxylation is 1. The lowest BCUT2D eigenvalue weighted by atomic mass is 10.1. The second kappa shape index (κ2) is 5.34. The molecule has 0 aliphatic heterocycles. The van der Waals surface area contributed by atoms with Crippen LogP contribution in [0.2, 0.25) is 0 Å². The van der Waals surface area contributed by atoms with Crippen LogP contribution in [0.25, 0.3) is 0 Å². The number of tetrazole rings is 1. The first-order valence-electron chi connectivity index (χ1n) is 5.49. The molecule has 0 bridgehead atoms. The van der Waals surface area contributed by atoms with Gasteiger partial charge in [-0.1, -0.05) is 0 Å². The van der Waals surface area contributed by atoms with Gasteiger partial charge in [-0.2, -0.15) is 5.21 Å². The highest BCUT2D eigenvalue weighted by Crippen LogP contribution is 2.30. The fraction of sp³-hybridized carbons (Fsp3) is 0.182. The Morgan fingerprint density at radius 2 is 2.15 bits per heavy atom. The fourth-order valence-corrected chi connectivity index (χ4v) is 1.58.